The zero-order valence-corrected chi connectivity index (χ0v) is 17.9. The first-order chi connectivity index (χ1) is 14.0. The number of carbonyl (C=O) groups is 1. The maximum atomic E-state index is 13.3. The van der Waals surface area contributed by atoms with Crippen molar-refractivity contribution in [3.63, 3.8) is 0 Å². The van der Waals surface area contributed by atoms with Crippen molar-refractivity contribution in [1.29, 1.82) is 0 Å². The van der Waals surface area contributed by atoms with Gasteiger partial charge in [0.2, 0.25) is 10.0 Å². The van der Waals surface area contributed by atoms with Crippen molar-refractivity contribution >= 4 is 15.9 Å². The Kier molecular flexibility index (Phi) is 7.05. The fourth-order valence-electron chi connectivity index (χ4n) is 3.96. The number of hydrogen-bond donors (Lipinski definition) is 1. The summed E-state index contributed by atoms with van der Waals surface area (Å²) in [4.78, 5) is 16.6. The number of rotatable bonds is 7. The second-order valence-electron chi connectivity index (χ2n) is 7.23. The molecule has 2 aromatic rings. The van der Waals surface area contributed by atoms with Crippen LogP contribution in [0.5, 0.6) is 0 Å². The Morgan fingerprint density at radius 1 is 0.966 bits per heavy atom. The van der Waals surface area contributed by atoms with Crippen LogP contribution in [-0.2, 0) is 14.8 Å². The van der Waals surface area contributed by atoms with Crippen molar-refractivity contribution in [3.8, 4) is 0 Å². The molecule has 0 radical (unpaired) electrons. The number of sulfonamides is 1. The minimum atomic E-state index is -3.50. The van der Waals surface area contributed by atoms with Gasteiger partial charge in [0.05, 0.1) is 31.1 Å². The third-order valence-corrected chi connectivity index (χ3v) is 7.52. The molecule has 7 heteroatoms. The van der Waals surface area contributed by atoms with Gasteiger partial charge < -0.3 is 9.80 Å². The quantitative estimate of drug-likeness (QED) is 0.738. The van der Waals surface area contributed by atoms with E-state index in [9.17, 15) is 13.2 Å². The van der Waals surface area contributed by atoms with Gasteiger partial charge in [-0.05, 0) is 26.0 Å². The topological polar surface area (TPSA) is 62.1 Å². The molecule has 3 rings (SSSR count). The van der Waals surface area contributed by atoms with Gasteiger partial charge in [-0.3, -0.25) is 4.79 Å². The molecular formula is C22H30N3O3S+. The van der Waals surface area contributed by atoms with Gasteiger partial charge in [0.15, 0.2) is 6.04 Å². The number of amides is 1. The molecule has 1 atom stereocenters. The number of benzene rings is 2. The largest absolute Gasteiger partial charge is 0.338 e. The lowest BCUT2D eigenvalue weighted by molar-refractivity contribution is -0.925. The van der Waals surface area contributed by atoms with Gasteiger partial charge >= 0.3 is 0 Å². The standard InChI is InChI=1S/C22H29N3O3S/c1-3-23(4-2)22(26)21(19-11-7-5-8-12-19)24-15-17-25(18-16-24)29(27,28)20-13-9-6-10-14-20/h5-14,21H,3-4,15-18H2,1-2H3/p+1/t21-/m0/s1. The lowest BCUT2D eigenvalue weighted by Crippen LogP contribution is -3.16. The van der Waals surface area contributed by atoms with Crippen LogP contribution in [-0.4, -0.2) is 62.8 Å². The molecule has 2 aromatic carbocycles. The molecule has 0 aliphatic carbocycles. The molecule has 1 amide bonds. The number of hydrogen-bond acceptors (Lipinski definition) is 3. The van der Waals surface area contributed by atoms with Crippen LogP contribution in [0.2, 0.25) is 0 Å². The molecule has 0 spiro atoms. The predicted octanol–water partition coefficient (Wildman–Crippen LogP) is 1.19. The molecule has 1 aliphatic heterocycles. The molecular weight excluding hydrogens is 386 g/mol. The Morgan fingerprint density at radius 2 is 1.48 bits per heavy atom. The molecule has 1 fully saturated rings. The first-order valence-electron chi connectivity index (χ1n) is 10.2. The maximum absolute atomic E-state index is 13.3. The summed E-state index contributed by atoms with van der Waals surface area (Å²) in [6.45, 7) is 7.31. The number of piperazine rings is 1. The fourth-order valence-corrected chi connectivity index (χ4v) is 5.42. The summed E-state index contributed by atoms with van der Waals surface area (Å²) in [5.41, 5.74) is 0.985. The lowest BCUT2D eigenvalue weighted by Gasteiger charge is -2.37. The van der Waals surface area contributed by atoms with E-state index in [1.165, 1.54) is 4.31 Å². The molecule has 6 nitrogen and oxygen atoms in total. The third kappa shape index (κ3) is 4.69. The minimum absolute atomic E-state index is 0.107. The first kappa shape index (κ1) is 21.5. The second-order valence-corrected chi connectivity index (χ2v) is 9.17. The maximum Gasteiger partial charge on any atom is 0.285 e. The SMILES string of the molecule is CCN(CC)C(=O)[C@H](c1ccccc1)[NH+]1CCN(S(=O)(=O)c2ccccc2)CC1. The Morgan fingerprint density at radius 3 is 2.00 bits per heavy atom. The number of carbonyl (C=O) groups excluding carboxylic acids is 1. The molecule has 1 aliphatic rings. The van der Waals surface area contributed by atoms with Gasteiger partial charge in [0.25, 0.3) is 5.91 Å². The number of quaternary nitrogens is 1. The van der Waals surface area contributed by atoms with Crippen LogP contribution in [0.1, 0.15) is 25.5 Å². The zero-order chi connectivity index (χ0) is 20.9. The highest BCUT2D eigenvalue weighted by atomic mass is 32.2. The van der Waals surface area contributed by atoms with Crippen molar-refractivity contribution in [2.45, 2.75) is 24.8 Å². The normalized spacial score (nSPS) is 17.0. The van der Waals surface area contributed by atoms with E-state index in [0.717, 1.165) is 10.5 Å². The number of nitrogens with zero attached hydrogens (tertiary/aromatic N) is 2. The van der Waals surface area contributed by atoms with Crippen molar-refractivity contribution in [2.75, 3.05) is 39.3 Å². The Balaban J connectivity index is 1.79. The van der Waals surface area contributed by atoms with Gasteiger partial charge in [0, 0.05) is 18.7 Å². The van der Waals surface area contributed by atoms with Crippen LogP contribution < -0.4 is 4.90 Å². The molecule has 0 bridgehead atoms. The average molecular weight is 417 g/mol. The van der Waals surface area contributed by atoms with Crippen molar-refractivity contribution in [2.24, 2.45) is 0 Å². The second kappa shape index (κ2) is 9.52. The highest BCUT2D eigenvalue weighted by Gasteiger charge is 2.38. The molecule has 1 heterocycles. The van der Waals surface area contributed by atoms with Crippen LogP contribution >= 0.6 is 0 Å². The van der Waals surface area contributed by atoms with Gasteiger partial charge in [-0.2, -0.15) is 4.31 Å². The monoisotopic (exact) mass is 416 g/mol. The van der Waals surface area contributed by atoms with E-state index in [2.05, 4.69) is 0 Å². The molecule has 0 aromatic heterocycles. The van der Waals surface area contributed by atoms with E-state index in [1.54, 1.807) is 24.3 Å². The fraction of sp³-hybridized carbons (Fsp3) is 0.409. The van der Waals surface area contributed by atoms with Crippen LogP contribution in [0.4, 0.5) is 0 Å². The molecule has 0 unspecified atom stereocenters. The van der Waals surface area contributed by atoms with E-state index < -0.39 is 10.0 Å². The zero-order valence-electron chi connectivity index (χ0n) is 17.1. The Labute approximate surface area is 173 Å². The summed E-state index contributed by atoms with van der Waals surface area (Å²) in [5.74, 6) is 0.107. The van der Waals surface area contributed by atoms with E-state index in [1.807, 2.05) is 55.1 Å². The molecule has 156 valence electrons. The number of likely N-dealkylation sites (N-methyl/N-ethyl adjacent to an activating group) is 1. The minimum Gasteiger partial charge on any atom is -0.338 e. The Bertz CT molecular complexity index is 891. The highest BCUT2D eigenvalue weighted by Crippen LogP contribution is 2.17. The summed E-state index contributed by atoms with van der Waals surface area (Å²) in [6.07, 6.45) is 0. The summed E-state index contributed by atoms with van der Waals surface area (Å²) < 4.78 is 27.4. The molecule has 0 saturated carbocycles. The Hall–Kier alpha value is -2.22. The van der Waals surface area contributed by atoms with Gasteiger partial charge in [-0.15, -0.1) is 0 Å². The predicted molar refractivity (Wildman–Crippen MR) is 113 cm³/mol. The summed E-state index contributed by atoms with van der Waals surface area (Å²) in [6, 6.07) is 18.1. The first-order valence-corrected chi connectivity index (χ1v) is 11.7. The van der Waals surface area contributed by atoms with E-state index >= 15 is 0 Å². The van der Waals surface area contributed by atoms with Crippen molar-refractivity contribution in [3.05, 3.63) is 66.2 Å². The van der Waals surface area contributed by atoms with Gasteiger partial charge in [-0.1, -0.05) is 48.5 Å². The molecule has 29 heavy (non-hydrogen) atoms. The van der Waals surface area contributed by atoms with Crippen LogP contribution in [0.3, 0.4) is 0 Å². The van der Waals surface area contributed by atoms with Gasteiger partial charge in [0.1, 0.15) is 0 Å². The third-order valence-electron chi connectivity index (χ3n) is 5.61. The van der Waals surface area contributed by atoms with Crippen LogP contribution in [0.25, 0.3) is 0 Å². The summed E-state index contributed by atoms with van der Waals surface area (Å²) >= 11 is 0. The van der Waals surface area contributed by atoms with Crippen LogP contribution in [0.15, 0.2) is 65.6 Å². The van der Waals surface area contributed by atoms with Crippen LogP contribution in [0, 0.1) is 0 Å². The lowest BCUT2D eigenvalue weighted by atomic mass is 10.0. The summed E-state index contributed by atoms with van der Waals surface area (Å²) in [7, 11) is -3.50. The van der Waals surface area contributed by atoms with E-state index in [-0.39, 0.29) is 11.9 Å². The smallest absolute Gasteiger partial charge is 0.285 e. The van der Waals surface area contributed by atoms with Crippen molar-refractivity contribution in [1.82, 2.24) is 9.21 Å². The average Bonchev–Trinajstić information content (AvgIpc) is 2.76. The highest BCUT2D eigenvalue weighted by molar-refractivity contribution is 7.89. The number of nitrogens with one attached hydrogen (secondary N) is 1. The van der Waals surface area contributed by atoms with Crippen molar-refractivity contribution < 1.29 is 18.1 Å². The molecule has 1 N–H and O–H groups in total. The van der Waals surface area contributed by atoms with E-state index in [4.69, 9.17) is 0 Å². The van der Waals surface area contributed by atoms with E-state index in [0.29, 0.717) is 44.2 Å². The molecule has 1 saturated heterocycles. The van der Waals surface area contributed by atoms with Gasteiger partial charge in [-0.25, -0.2) is 8.42 Å². The summed E-state index contributed by atoms with van der Waals surface area (Å²) in [5, 5.41) is 0.